The third kappa shape index (κ3) is 5.67. The first-order valence-corrected chi connectivity index (χ1v) is 14.2. The molecule has 0 atom stereocenters. The third-order valence-corrected chi connectivity index (χ3v) is 10.8. The van der Waals surface area contributed by atoms with Gasteiger partial charge in [0.1, 0.15) is 0 Å². The van der Waals surface area contributed by atoms with E-state index in [1.54, 1.807) is 0 Å². The summed E-state index contributed by atoms with van der Waals surface area (Å²) in [5, 5.41) is 2.97. The number of nitrogens with one attached hydrogen (secondary N) is 1. The lowest BCUT2D eigenvalue weighted by Gasteiger charge is -2.26. The monoisotopic (exact) mass is 471 g/mol. The van der Waals surface area contributed by atoms with Gasteiger partial charge in [0, 0.05) is 22.5 Å². The highest BCUT2D eigenvalue weighted by molar-refractivity contribution is 8.15. The van der Waals surface area contributed by atoms with Crippen LogP contribution >= 0.6 is 18.8 Å². The van der Waals surface area contributed by atoms with Crippen molar-refractivity contribution in [2.45, 2.75) is 13.8 Å². The van der Waals surface area contributed by atoms with Crippen molar-refractivity contribution in [3.8, 4) is 0 Å². The van der Waals surface area contributed by atoms with Gasteiger partial charge in [-0.05, 0) is 12.7 Å². The summed E-state index contributed by atoms with van der Waals surface area (Å²) < 4.78 is 34.0. The summed E-state index contributed by atoms with van der Waals surface area (Å²) >= 11 is 1.35. The summed E-state index contributed by atoms with van der Waals surface area (Å²) in [6.07, 6.45) is 0. The minimum absolute atomic E-state index is 0.362. The van der Waals surface area contributed by atoms with Crippen LogP contribution in [0.25, 0.3) is 0 Å². The molecule has 3 rings (SSSR count). The van der Waals surface area contributed by atoms with Crippen LogP contribution in [0.5, 0.6) is 0 Å². The minimum atomic E-state index is -4.05. The summed E-state index contributed by atoms with van der Waals surface area (Å²) in [7, 11) is -6.91. The van der Waals surface area contributed by atoms with E-state index in [0.717, 1.165) is 15.9 Å². The SMILES string of the molecule is CCN=C(NS(=O)(=O)N=P(c1ccccc1)(c1ccccc1)c1ccccc1)SCC. The van der Waals surface area contributed by atoms with E-state index in [2.05, 4.69) is 13.9 Å². The van der Waals surface area contributed by atoms with Gasteiger partial charge in [-0.1, -0.05) is 110 Å². The van der Waals surface area contributed by atoms with Crippen molar-refractivity contribution in [3.63, 3.8) is 0 Å². The van der Waals surface area contributed by atoms with Crippen molar-refractivity contribution in [2.75, 3.05) is 12.3 Å². The molecule has 0 amide bonds. The Morgan fingerprint density at radius 3 is 1.58 bits per heavy atom. The Bertz CT molecular complexity index is 1060. The van der Waals surface area contributed by atoms with Gasteiger partial charge in [0.25, 0.3) is 0 Å². The van der Waals surface area contributed by atoms with Crippen LogP contribution in [0.2, 0.25) is 0 Å². The zero-order valence-corrected chi connectivity index (χ0v) is 20.1. The van der Waals surface area contributed by atoms with Crippen LogP contribution in [0.15, 0.2) is 100 Å². The second kappa shape index (κ2) is 10.8. The molecule has 5 nitrogen and oxygen atoms in total. The van der Waals surface area contributed by atoms with E-state index in [0.29, 0.717) is 17.5 Å². The van der Waals surface area contributed by atoms with Crippen LogP contribution in [0.1, 0.15) is 13.8 Å². The summed E-state index contributed by atoms with van der Waals surface area (Å²) in [4.78, 5) is 4.29. The maximum Gasteiger partial charge on any atom is 0.343 e. The fraction of sp³-hybridized carbons (Fsp3) is 0.174. The zero-order valence-electron chi connectivity index (χ0n) is 17.5. The van der Waals surface area contributed by atoms with Crippen molar-refractivity contribution in [3.05, 3.63) is 91.0 Å². The molecule has 0 unspecified atom stereocenters. The molecule has 0 fully saturated rings. The first-order chi connectivity index (χ1) is 15.0. The largest absolute Gasteiger partial charge is 0.343 e. The molecule has 0 aliphatic carbocycles. The van der Waals surface area contributed by atoms with E-state index >= 15 is 0 Å². The van der Waals surface area contributed by atoms with Gasteiger partial charge in [-0.25, -0.2) is 4.72 Å². The number of rotatable bonds is 7. The maximum absolute atomic E-state index is 13.4. The van der Waals surface area contributed by atoms with Crippen LogP contribution in [0.4, 0.5) is 0 Å². The van der Waals surface area contributed by atoms with Crippen molar-refractivity contribution in [1.29, 1.82) is 0 Å². The average molecular weight is 472 g/mol. The number of aliphatic imine (C=N–C) groups is 1. The van der Waals surface area contributed by atoms with Crippen LogP contribution in [-0.2, 0) is 10.2 Å². The van der Waals surface area contributed by atoms with Gasteiger partial charge >= 0.3 is 10.2 Å². The topological polar surface area (TPSA) is 70.9 Å². The Hall–Kier alpha value is -2.34. The number of hydrogen-bond acceptors (Lipinski definition) is 4. The Morgan fingerprint density at radius 1 is 0.806 bits per heavy atom. The minimum Gasteiger partial charge on any atom is -0.262 e. The van der Waals surface area contributed by atoms with Crippen molar-refractivity contribution in [2.24, 2.45) is 9.14 Å². The van der Waals surface area contributed by atoms with E-state index in [1.807, 2.05) is 105 Å². The predicted molar refractivity (Wildman–Crippen MR) is 136 cm³/mol. The molecule has 0 saturated carbocycles. The molecule has 0 bridgehead atoms. The Labute approximate surface area is 189 Å². The molecule has 3 aromatic rings. The molecule has 0 radical (unpaired) electrons. The van der Waals surface area contributed by atoms with Crippen molar-refractivity contribution < 1.29 is 8.42 Å². The second-order valence-corrected chi connectivity index (χ2v) is 12.4. The fourth-order valence-electron chi connectivity index (χ4n) is 3.20. The lowest BCUT2D eigenvalue weighted by atomic mass is 10.4. The van der Waals surface area contributed by atoms with Crippen LogP contribution in [-0.4, -0.2) is 25.9 Å². The quantitative estimate of drug-likeness (QED) is 0.320. The molecular weight excluding hydrogens is 445 g/mol. The highest BCUT2D eigenvalue weighted by Gasteiger charge is 2.30. The lowest BCUT2D eigenvalue weighted by Crippen LogP contribution is -2.31. The normalized spacial score (nSPS) is 12.4. The van der Waals surface area contributed by atoms with Gasteiger partial charge in [0.2, 0.25) is 0 Å². The van der Waals surface area contributed by atoms with Gasteiger partial charge in [-0.2, -0.15) is 12.6 Å². The molecular formula is C23H26N3O2PS2. The number of thioether (sulfide) groups is 1. The van der Waals surface area contributed by atoms with Gasteiger partial charge < -0.3 is 0 Å². The molecule has 162 valence electrons. The molecule has 0 saturated heterocycles. The Balaban J connectivity index is 2.34. The molecule has 0 spiro atoms. The van der Waals surface area contributed by atoms with Gasteiger partial charge in [-0.3, -0.25) is 4.99 Å². The molecule has 1 N–H and O–H groups in total. The lowest BCUT2D eigenvalue weighted by molar-refractivity contribution is 0.595. The van der Waals surface area contributed by atoms with E-state index in [9.17, 15) is 8.42 Å². The maximum atomic E-state index is 13.4. The van der Waals surface area contributed by atoms with Gasteiger partial charge in [0.15, 0.2) is 5.17 Å². The van der Waals surface area contributed by atoms with Gasteiger partial charge in [0.05, 0.1) is 7.05 Å². The molecule has 0 aliphatic rings. The summed E-state index contributed by atoms with van der Waals surface area (Å²) in [5.41, 5.74) is 0. The summed E-state index contributed by atoms with van der Waals surface area (Å²) in [6.45, 7) is 4.31. The third-order valence-electron chi connectivity index (χ3n) is 4.42. The van der Waals surface area contributed by atoms with Crippen LogP contribution < -0.4 is 20.6 Å². The van der Waals surface area contributed by atoms with E-state index < -0.39 is 17.3 Å². The molecule has 31 heavy (non-hydrogen) atoms. The first-order valence-electron chi connectivity index (χ1n) is 10.0. The highest BCUT2D eigenvalue weighted by atomic mass is 32.2. The fourth-order valence-corrected chi connectivity index (χ4v) is 9.82. The molecule has 3 aromatic carbocycles. The van der Waals surface area contributed by atoms with E-state index in [1.165, 1.54) is 11.8 Å². The highest BCUT2D eigenvalue weighted by Crippen LogP contribution is 2.47. The zero-order chi connectivity index (χ0) is 22.2. The smallest absolute Gasteiger partial charge is 0.262 e. The van der Waals surface area contributed by atoms with Crippen LogP contribution in [0.3, 0.4) is 0 Å². The molecule has 0 heterocycles. The molecule has 0 aromatic heterocycles. The number of hydrogen-bond donors (Lipinski definition) is 1. The number of amidine groups is 1. The van der Waals surface area contributed by atoms with E-state index in [4.69, 9.17) is 0 Å². The van der Waals surface area contributed by atoms with Crippen molar-refractivity contribution >= 4 is 50.1 Å². The average Bonchev–Trinajstić information content (AvgIpc) is 2.79. The first kappa shape index (κ1) is 23.3. The number of nitrogens with zero attached hydrogens (tertiary/aromatic N) is 2. The van der Waals surface area contributed by atoms with E-state index in [-0.39, 0.29) is 0 Å². The number of benzene rings is 3. The predicted octanol–water partition coefficient (Wildman–Crippen LogP) is 4.13. The molecule has 8 heteroatoms. The Kier molecular flexibility index (Phi) is 8.13. The Morgan fingerprint density at radius 2 is 1.23 bits per heavy atom. The summed E-state index contributed by atoms with van der Waals surface area (Å²) in [6, 6.07) is 29.0. The second-order valence-electron chi connectivity index (χ2n) is 6.51. The van der Waals surface area contributed by atoms with Crippen LogP contribution in [0, 0.1) is 0 Å². The molecule has 0 aliphatic heterocycles. The van der Waals surface area contributed by atoms with Crippen molar-refractivity contribution in [1.82, 2.24) is 4.72 Å². The standard InChI is InChI=1S/C23H26N3O2PS2/c1-3-24-23(30-4-2)25-31(27,28)26-29(20-14-8-5-9-15-20,21-16-10-6-11-17-21)22-18-12-7-13-19-22/h5-19H,3-4H2,1-2H3,(H,24,25). The van der Waals surface area contributed by atoms with Gasteiger partial charge in [-0.15, -0.1) is 0 Å². The summed E-state index contributed by atoms with van der Waals surface area (Å²) in [5.74, 6) is 0.706.